The van der Waals surface area contributed by atoms with Gasteiger partial charge in [0.05, 0.1) is 10.5 Å². The fraction of sp³-hybridized carbons (Fsp3) is 0.429. The van der Waals surface area contributed by atoms with Crippen LogP contribution in [0.4, 0.5) is 10.7 Å². The summed E-state index contributed by atoms with van der Waals surface area (Å²) in [7, 11) is 0. The van der Waals surface area contributed by atoms with Gasteiger partial charge in [-0.05, 0) is 48.3 Å². The maximum atomic E-state index is 12.8. The number of fused-ring (bicyclic) bond motifs is 1. The van der Waals surface area contributed by atoms with Crippen molar-refractivity contribution in [1.82, 2.24) is 0 Å². The van der Waals surface area contributed by atoms with E-state index in [0.29, 0.717) is 16.5 Å². The molecule has 0 spiro atoms. The topological polar surface area (TPSA) is 115 Å². The summed E-state index contributed by atoms with van der Waals surface area (Å²) in [6.45, 7) is 6.66. The number of anilines is 1. The monoisotopic (exact) mass is 449 g/mol. The van der Waals surface area contributed by atoms with Crippen LogP contribution in [0.3, 0.4) is 0 Å². The highest BCUT2D eigenvalue weighted by molar-refractivity contribution is 7.17. The summed E-state index contributed by atoms with van der Waals surface area (Å²) in [4.78, 5) is 36.7. The summed E-state index contributed by atoms with van der Waals surface area (Å²) in [5.74, 6) is -0.818. The number of nitrogens with two attached hydrogens (primary N) is 1. The van der Waals surface area contributed by atoms with Crippen molar-refractivity contribution in [2.45, 2.75) is 46.5 Å². The van der Waals surface area contributed by atoms with Crippen LogP contribution in [0.2, 0.25) is 5.02 Å². The van der Waals surface area contributed by atoms with Crippen LogP contribution in [0, 0.1) is 21.4 Å². The SMILES string of the molecule is CCC(C)(C)C1CCc2c(sc(NC(=O)c3ccc(Cl)cc3[N+](=O)[O-])c2C(N)=O)C1. The van der Waals surface area contributed by atoms with Gasteiger partial charge in [0.1, 0.15) is 10.6 Å². The summed E-state index contributed by atoms with van der Waals surface area (Å²) in [6.07, 6.45) is 3.53. The minimum absolute atomic E-state index is 0.129. The van der Waals surface area contributed by atoms with E-state index in [1.54, 1.807) is 0 Å². The fourth-order valence-corrected chi connectivity index (χ4v) is 5.40. The van der Waals surface area contributed by atoms with E-state index in [4.69, 9.17) is 17.3 Å². The quantitative estimate of drug-likeness (QED) is 0.465. The van der Waals surface area contributed by atoms with Crippen molar-refractivity contribution in [2.24, 2.45) is 17.1 Å². The van der Waals surface area contributed by atoms with Gasteiger partial charge in [-0.1, -0.05) is 38.8 Å². The predicted octanol–water partition coefficient (Wildman–Crippen LogP) is 5.20. The molecule has 30 heavy (non-hydrogen) atoms. The number of benzene rings is 1. The van der Waals surface area contributed by atoms with Gasteiger partial charge >= 0.3 is 0 Å². The molecule has 1 heterocycles. The number of primary amides is 1. The number of hydrogen-bond acceptors (Lipinski definition) is 5. The first kappa shape index (κ1) is 22.2. The van der Waals surface area contributed by atoms with E-state index in [-0.39, 0.29) is 16.0 Å². The number of nitro benzene ring substituents is 1. The van der Waals surface area contributed by atoms with E-state index in [2.05, 4.69) is 26.1 Å². The van der Waals surface area contributed by atoms with Crippen LogP contribution in [-0.2, 0) is 12.8 Å². The molecule has 1 aromatic carbocycles. The van der Waals surface area contributed by atoms with Crippen LogP contribution in [0.5, 0.6) is 0 Å². The van der Waals surface area contributed by atoms with Crippen molar-refractivity contribution in [2.75, 3.05) is 5.32 Å². The Hall–Kier alpha value is -2.45. The molecule has 1 aliphatic carbocycles. The second kappa shape index (κ2) is 8.35. The molecule has 0 saturated heterocycles. The lowest BCUT2D eigenvalue weighted by Crippen LogP contribution is -2.29. The van der Waals surface area contributed by atoms with Crippen molar-refractivity contribution in [3.05, 3.63) is 54.9 Å². The zero-order chi connectivity index (χ0) is 22.2. The molecule has 1 aliphatic rings. The molecule has 9 heteroatoms. The third-order valence-electron chi connectivity index (χ3n) is 6.16. The first-order chi connectivity index (χ1) is 14.0. The standard InChI is InChI=1S/C21H24ClN3O4S/c1-4-21(2,3)11-5-7-14-16(9-11)30-20(17(14)18(23)26)24-19(27)13-8-6-12(22)10-15(13)25(28)29/h6,8,10-11H,4-5,7,9H2,1-3H3,(H2,23,26)(H,24,27). The number of halogens is 1. The van der Waals surface area contributed by atoms with Crippen LogP contribution in [0.25, 0.3) is 0 Å². The van der Waals surface area contributed by atoms with E-state index in [1.165, 1.54) is 23.5 Å². The fourth-order valence-electron chi connectivity index (χ4n) is 3.91. The van der Waals surface area contributed by atoms with Crippen molar-refractivity contribution < 1.29 is 14.5 Å². The molecule has 1 atom stereocenters. The number of hydrogen-bond donors (Lipinski definition) is 2. The second-order valence-corrected chi connectivity index (χ2v) is 9.77. The van der Waals surface area contributed by atoms with E-state index in [9.17, 15) is 19.7 Å². The molecule has 2 aromatic rings. The van der Waals surface area contributed by atoms with Gasteiger partial charge in [-0.25, -0.2) is 0 Å². The lowest BCUT2D eigenvalue weighted by Gasteiger charge is -2.36. The van der Waals surface area contributed by atoms with Crippen molar-refractivity contribution >= 4 is 45.4 Å². The predicted molar refractivity (Wildman–Crippen MR) is 118 cm³/mol. The first-order valence-electron chi connectivity index (χ1n) is 9.74. The molecule has 1 unspecified atom stereocenters. The molecule has 3 rings (SSSR count). The molecule has 0 saturated carbocycles. The number of carbonyl (C=O) groups excluding carboxylic acids is 2. The summed E-state index contributed by atoms with van der Waals surface area (Å²) >= 11 is 7.16. The number of nitrogens with one attached hydrogen (secondary N) is 1. The van der Waals surface area contributed by atoms with Crippen LogP contribution < -0.4 is 11.1 Å². The average molecular weight is 450 g/mol. The Bertz CT molecular complexity index is 1030. The molecule has 0 fully saturated rings. The average Bonchev–Trinajstić information content (AvgIpc) is 3.04. The summed E-state index contributed by atoms with van der Waals surface area (Å²) in [5.41, 5.74) is 6.47. The van der Waals surface area contributed by atoms with Crippen molar-refractivity contribution in [3.63, 3.8) is 0 Å². The Labute approximate surface area is 183 Å². The minimum atomic E-state index is -0.676. The summed E-state index contributed by atoms with van der Waals surface area (Å²) in [6, 6.07) is 3.84. The highest BCUT2D eigenvalue weighted by Gasteiger charge is 2.35. The molecule has 0 radical (unpaired) electrons. The van der Waals surface area contributed by atoms with Crippen molar-refractivity contribution in [3.8, 4) is 0 Å². The maximum Gasteiger partial charge on any atom is 0.283 e. The number of nitrogens with zero attached hydrogens (tertiary/aromatic N) is 1. The normalized spacial score (nSPS) is 16.1. The molecule has 160 valence electrons. The molecule has 0 bridgehead atoms. The first-order valence-corrected chi connectivity index (χ1v) is 10.9. The van der Waals surface area contributed by atoms with Gasteiger partial charge in [-0.2, -0.15) is 0 Å². The van der Waals surface area contributed by atoms with Gasteiger partial charge in [-0.3, -0.25) is 19.7 Å². The third-order valence-corrected chi connectivity index (χ3v) is 7.56. The smallest absolute Gasteiger partial charge is 0.283 e. The van der Waals surface area contributed by atoms with Crippen LogP contribution >= 0.6 is 22.9 Å². The van der Waals surface area contributed by atoms with Crippen LogP contribution in [0.15, 0.2) is 18.2 Å². The Morgan fingerprint density at radius 1 is 1.40 bits per heavy atom. The van der Waals surface area contributed by atoms with Gasteiger partial charge in [0.15, 0.2) is 0 Å². The largest absolute Gasteiger partial charge is 0.365 e. The Morgan fingerprint density at radius 3 is 2.70 bits per heavy atom. The lowest BCUT2D eigenvalue weighted by atomic mass is 9.69. The number of nitro groups is 1. The summed E-state index contributed by atoms with van der Waals surface area (Å²) in [5, 5.41) is 14.5. The number of thiophene rings is 1. The highest BCUT2D eigenvalue weighted by Crippen LogP contribution is 2.45. The zero-order valence-electron chi connectivity index (χ0n) is 17.1. The Morgan fingerprint density at radius 2 is 2.10 bits per heavy atom. The molecule has 2 amide bonds. The Balaban J connectivity index is 1.96. The summed E-state index contributed by atoms with van der Waals surface area (Å²) < 4.78 is 0. The number of amides is 2. The molecule has 7 nitrogen and oxygen atoms in total. The number of carbonyl (C=O) groups is 2. The Kier molecular flexibility index (Phi) is 6.19. The van der Waals surface area contributed by atoms with E-state index in [1.807, 2.05) is 0 Å². The van der Waals surface area contributed by atoms with Crippen molar-refractivity contribution in [1.29, 1.82) is 0 Å². The van der Waals surface area contributed by atoms with Gasteiger partial charge in [0.2, 0.25) is 0 Å². The van der Waals surface area contributed by atoms with Crippen LogP contribution in [0.1, 0.15) is 64.8 Å². The number of rotatable bonds is 6. The zero-order valence-corrected chi connectivity index (χ0v) is 18.7. The molecule has 0 aliphatic heterocycles. The van der Waals surface area contributed by atoms with Gasteiger partial charge in [0, 0.05) is 16.0 Å². The minimum Gasteiger partial charge on any atom is -0.365 e. The lowest BCUT2D eigenvalue weighted by molar-refractivity contribution is -0.385. The third kappa shape index (κ3) is 4.20. The second-order valence-electron chi connectivity index (χ2n) is 8.23. The van der Waals surface area contributed by atoms with Gasteiger partial charge < -0.3 is 11.1 Å². The molecule has 1 aromatic heterocycles. The molecule has 3 N–H and O–H groups in total. The highest BCUT2D eigenvalue weighted by atomic mass is 35.5. The van der Waals surface area contributed by atoms with Gasteiger partial charge in [-0.15, -0.1) is 11.3 Å². The van der Waals surface area contributed by atoms with Crippen LogP contribution in [-0.4, -0.2) is 16.7 Å². The van der Waals surface area contributed by atoms with E-state index in [0.717, 1.165) is 42.2 Å². The van der Waals surface area contributed by atoms with Gasteiger partial charge in [0.25, 0.3) is 17.5 Å². The van der Waals surface area contributed by atoms with E-state index >= 15 is 0 Å². The molecular formula is C21H24ClN3O4S. The van der Waals surface area contributed by atoms with E-state index < -0.39 is 22.4 Å². The maximum absolute atomic E-state index is 12.8. The molecular weight excluding hydrogens is 426 g/mol.